The molecule has 0 aromatic heterocycles. The van der Waals surface area contributed by atoms with Gasteiger partial charge >= 0.3 is 0 Å². The van der Waals surface area contributed by atoms with Crippen LogP contribution in [-0.4, -0.2) is 11.7 Å². The van der Waals surface area contributed by atoms with Gasteiger partial charge in [-0.3, -0.25) is 0 Å². The molecule has 19 heavy (non-hydrogen) atoms. The van der Waals surface area contributed by atoms with Gasteiger partial charge in [0.15, 0.2) is 0 Å². The van der Waals surface area contributed by atoms with Gasteiger partial charge in [0.1, 0.15) is 5.75 Å². The van der Waals surface area contributed by atoms with Gasteiger partial charge < -0.3 is 10.0 Å². The van der Waals surface area contributed by atoms with Crippen LogP contribution in [-0.2, 0) is 5.41 Å². The highest BCUT2D eigenvalue weighted by Gasteiger charge is 2.38. The number of hydrogen-bond donors (Lipinski definition) is 1. The van der Waals surface area contributed by atoms with Crippen LogP contribution in [0.5, 0.6) is 5.75 Å². The van der Waals surface area contributed by atoms with Crippen molar-refractivity contribution in [1.82, 2.24) is 0 Å². The van der Waals surface area contributed by atoms with E-state index in [9.17, 15) is 5.11 Å². The van der Waals surface area contributed by atoms with Gasteiger partial charge in [0, 0.05) is 23.3 Å². The largest absolute Gasteiger partial charge is 0.508 e. The van der Waals surface area contributed by atoms with Gasteiger partial charge in [-0.1, -0.05) is 46.6 Å². The van der Waals surface area contributed by atoms with Gasteiger partial charge in [-0.25, -0.2) is 0 Å². The van der Waals surface area contributed by atoms with Crippen molar-refractivity contribution in [1.29, 1.82) is 0 Å². The van der Waals surface area contributed by atoms with Crippen LogP contribution in [0.1, 0.15) is 52.0 Å². The van der Waals surface area contributed by atoms with E-state index in [-0.39, 0.29) is 5.41 Å². The zero-order valence-corrected chi connectivity index (χ0v) is 12.4. The van der Waals surface area contributed by atoms with E-state index in [1.54, 1.807) is 6.07 Å². The summed E-state index contributed by atoms with van der Waals surface area (Å²) in [6, 6.07) is 5.67. The highest BCUT2D eigenvalue weighted by molar-refractivity contribution is 5.71. The molecule has 1 aromatic rings. The Labute approximate surface area is 116 Å². The summed E-state index contributed by atoms with van der Waals surface area (Å²) in [6.45, 7) is 11.9. The number of fused-ring (bicyclic) bond motifs is 1. The number of phenols is 1. The van der Waals surface area contributed by atoms with E-state index in [0.717, 1.165) is 12.2 Å². The molecule has 1 aliphatic heterocycles. The summed E-state index contributed by atoms with van der Waals surface area (Å²) in [7, 11) is 0. The molecule has 0 bridgehead atoms. The first-order valence-electron chi connectivity index (χ1n) is 7.29. The lowest BCUT2D eigenvalue weighted by Gasteiger charge is -2.25. The molecule has 1 N–H and O–H groups in total. The number of anilines is 1. The minimum absolute atomic E-state index is 0.0845. The average molecular weight is 259 g/mol. The van der Waals surface area contributed by atoms with Crippen LogP contribution >= 0.6 is 0 Å². The molecule has 0 saturated carbocycles. The number of rotatable bonds is 5. The van der Waals surface area contributed by atoms with Crippen molar-refractivity contribution in [3.8, 4) is 5.75 Å². The molecular formula is C17H25NO. The van der Waals surface area contributed by atoms with Crippen LogP contribution in [0, 0.1) is 0 Å². The fourth-order valence-corrected chi connectivity index (χ4v) is 2.85. The normalized spacial score (nSPS) is 16.8. The standard InChI is InChI=1S/C17H25NO/c1-5-6-7-8-11-18-13(2)17(3,4)15-12-14(19)9-10-16(15)18/h9-10,12,19H,2,5-8,11H2,1,3-4H3. The zero-order valence-electron chi connectivity index (χ0n) is 12.4. The van der Waals surface area contributed by atoms with Gasteiger partial charge in [0.25, 0.3) is 0 Å². The van der Waals surface area contributed by atoms with Crippen molar-refractivity contribution >= 4 is 5.69 Å². The highest BCUT2D eigenvalue weighted by atomic mass is 16.3. The van der Waals surface area contributed by atoms with Crippen LogP contribution in [0.2, 0.25) is 0 Å². The molecule has 0 atom stereocenters. The first-order valence-corrected chi connectivity index (χ1v) is 7.29. The summed E-state index contributed by atoms with van der Waals surface area (Å²) in [6.07, 6.45) is 5.03. The van der Waals surface area contributed by atoms with Crippen molar-refractivity contribution in [2.45, 2.75) is 51.9 Å². The Morgan fingerprint density at radius 2 is 1.95 bits per heavy atom. The Morgan fingerprint density at radius 3 is 2.63 bits per heavy atom. The van der Waals surface area contributed by atoms with E-state index in [0.29, 0.717) is 5.75 Å². The molecule has 2 rings (SSSR count). The number of hydrogen-bond acceptors (Lipinski definition) is 2. The molecule has 0 amide bonds. The fourth-order valence-electron chi connectivity index (χ4n) is 2.85. The van der Waals surface area contributed by atoms with E-state index in [1.165, 1.54) is 36.9 Å². The summed E-state index contributed by atoms with van der Waals surface area (Å²) in [5, 5.41) is 9.70. The Bertz CT molecular complexity index is 476. The van der Waals surface area contributed by atoms with Crippen LogP contribution in [0.25, 0.3) is 0 Å². The number of phenolic OH excluding ortho intramolecular Hbond substituents is 1. The van der Waals surface area contributed by atoms with E-state index in [2.05, 4.69) is 32.3 Å². The molecule has 0 fully saturated rings. The first kappa shape index (κ1) is 14.0. The molecule has 0 spiro atoms. The summed E-state index contributed by atoms with van der Waals surface area (Å²) >= 11 is 0. The number of aromatic hydroxyl groups is 1. The summed E-state index contributed by atoms with van der Waals surface area (Å²) < 4.78 is 0. The maximum Gasteiger partial charge on any atom is 0.116 e. The number of allylic oxidation sites excluding steroid dienone is 1. The second kappa shape index (κ2) is 5.28. The molecule has 2 nitrogen and oxygen atoms in total. The van der Waals surface area contributed by atoms with Crippen LogP contribution < -0.4 is 4.90 Å². The third-order valence-corrected chi connectivity index (χ3v) is 4.23. The Kier molecular flexibility index (Phi) is 3.88. The fraction of sp³-hybridized carbons (Fsp3) is 0.529. The highest BCUT2D eigenvalue weighted by Crippen LogP contribution is 2.48. The second-order valence-electron chi connectivity index (χ2n) is 5.99. The molecule has 0 radical (unpaired) electrons. The molecule has 2 heteroatoms. The summed E-state index contributed by atoms with van der Waals surface area (Å²) in [4.78, 5) is 2.32. The smallest absolute Gasteiger partial charge is 0.116 e. The predicted octanol–water partition coefficient (Wildman–Crippen LogP) is 4.58. The van der Waals surface area contributed by atoms with E-state index < -0.39 is 0 Å². The molecule has 0 aliphatic carbocycles. The van der Waals surface area contributed by atoms with Crippen molar-refractivity contribution in [2.24, 2.45) is 0 Å². The minimum atomic E-state index is -0.0845. The number of nitrogens with zero attached hydrogens (tertiary/aromatic N) is 1. The minimum Gasteiger partial charge on any atom is -0.508 e. The van der Waals surface area contributed by atoms with Gasteiger partial charge in [0.2, 0.25) is 0 Å². The lowest BCUT2D eigenvalue weighted by Crippen LogP contribution is -2.26. The monoisotopic (exact) mass is 259 g/mol. The van der Waals surface area contributed by atoms with Crippen LogP contribution in [0.15, 0.2) is 30.5 Å². The molecule has 1 heterocycles. The van der Waals surface area contributed by atoms with E-state index >= 15 is 0 Å². The van der Waals surface area contributed by atoms with Crippen molar-refractivity contribution in [2.75, 3.05) is 11.4 Å². The lowest BCUT2D eigenvalue weighted by atomic mass is 9.84. The van der Waals surface area contributed by atoms with Gasteiger partial charge in [-0.2, -0.15) is 0 Å². The maximum atomic E-state index is 9.70. The molecule has 1 aromatic carbocycles. The van der Waals surface area contributed by atoms with Crippen molar-refractivity contribution < 1.29 is 5.11 Å². The van der Waals surface area contributed by atoms with E-state index in [4.69, 9.17) is 0 Å². The van der Waals surface area contributed by atoms with Crippen molar-refractivity contribution in [3.05, 3.63) is 36.0 Å². The quantitative estimate of drug-likeness (QED) is 0.782. The maximum absolute atomic E-state index is 9.70. The average Bonchev–Trinajstić information content (AvgIpc) is 2.55. The molecular weight excluding hydrogens is 234 g/mol. The summed E-state index contributed by atoms with van der Waals surface area (Å²) in [5.74, 6) is 0.340. The second-order valence-corrected chi connectivity index (χ2v) is 5.99. The third kappa shape index (κ3) is 2.49. The lowest BCUT2D eigenvalue weighted by molar-refractivity contribution is 0.473. The Balaban J connectivity index is 2.20. The Hall–Kier alpha value is -1.44. The van der Waals surface area contributed by atoms with Crippen molar-refractivity contribution in [3.63, 3.8) is 0 Å². The van der Waals surface area contributed by atoms with Gasteiger partial charge in [0.05, 0.1) is 0 Å². The number of benzene rings is 1. The number of unbranched alkanes of at least 4 members (excludes halogenated alkanes) is 3. The third-order valence-electron chi connectivity index (χ3n) is 4.23. The van der Waals surface area contributed by atoms with Gasteiger partial charge in [-0.05, 0) is 30.2 Å². The van der Waals surface area contributed by atoms with Gasteiger partial charge in [-0.15, -0.1) is 0 Å². The zero-order chi connectivity index (χ0) is 14.0. The Morgan fingerprint density at radius 1 is 1.21 bits per heavy atom. The SMILES string of the molecule is C=C1N(CCCCCC)c2ccc(O)cc2C1(C)C. The van der Waals surface area contributed by atoms with Crippen LogP contribution in [0.3, 0.4) is 0 Å². The molecule has 1 aliphatic rings. The predicted molar refractivity (Wildman–Crippen MR) is 81.8 cm³/mol. The first-order chi connectivity index (χ1) is 8.98. The molecule has 104 valence electrons. The van der Waals surface area contributed by atoms with Crippen LogP contribution in [0.4, 0.5) is 5.69 Å². The summed E-state index contributed by atoms with van der Waals surface area (Å²) in [5.41, 5.74) is 3.46. The topological polar surface area (TPSA) is 23.5 Å². The molecule has 0 saturated heterocycles. The van der Waals surface area contributed by atoms with E-state index in [1.807, 2.05) is 12.1 Å². The molecule has 0 unspecified atom stereocenters.